The minimum atomic E-state index is 0.516. The Morgan fingerprint density at radius 2 is 1.20 bits per heavy atom. The zero-order chi connectivity index (χ0) is 14.5. The van der Waals surface area contributed by atoms with Crippen LogP contribution in [-0.4, -0.2) is 6.54 Å². The molecule has 0 aliphatic heterocycles. The van der Waals surface area contributed by atoms with E-state index in [1.165, 1.54) is 103 Å². The van der Waals surface area contributed by atoms with E-state index in [9.17, 15) is 0 Å². The van der Waals surface area contributed by atoms with Crippen LogP contribution in [0.5, 0.6) is 0 Å². The van der Waals surface area contributed by atoms with Crippen molar-refractivity contribution < 1.29 is 0 Å². The topological polar surface area (TPSA) is 26.0 Å². The number of hydrogen-bond donors (Lipinski definition) is 1. The number of nitrogens with two attached hydrogens (primary N) is 1. The first-order valence-corrected chi connectivity index (χ1v) is 9.53. The van der Waals surface area contributed by atoms with Gasteiger partial charge in [-0.3, -0.25) is 0 Å². The molecule has 0 saturated heterocycles. The van der Waals surface area contributed by atoms with Crippen LogP contribution >= 0.6 is 0 Å². The Kier molecular flexibility index (Phi) is 10.4. The van der Waals surface area contributed by atoms with Crippen LogP contribution in [0.3, 0.4) is 0 Å². The number of unbranched alkanes of at least 4 members (excludes halogenated alkanes) is 7. The Morgan fingerprint density at radius 3 is 1.75 bits per heavy atom. The average Bonchev–Trinajstić information content (AvgIpc) is 2.44. The molecule has 1 aliphatic rings. The van der Waals surface area contributed by atoms with Crippen LogP contribution in [0.1, 0.15) is 110 Å². The van der Waals surface area contributed by atoms with Crippen LogP contribution in [0.15, 0.2) is 0 Å². The molecule has 1 rings (SSSR count). The summed E-state index contributed by atoms with van der Waals surface area (Å²) in [5, 5.41) is 0. The van der Waals surface area contributed by atoms with Crippen molar-refractivity contribution in [2.75, 3.05) is 6.54 Å². The maximum absolute atomic E-state index is 6.15. The van der Waals surface area contributed by atoms with Crippen LogP contribution in [0.25, 0.3) is 0 Å². The fraction of sp³-hybridized carbons (Fsp3) is 1.00. The van der Waals surface area contributed by atoms with E-state index in [0.717, 1.165) is 6.54 Å². The fourth-order valence-corrected chi connectivity index (χ4v) is 3.85. The van der Waals surface area contributed by atoms with Gasteiger partial charge in [-0.1, -0.05) is 90.4 Å². The third-order valence-electron chi connectivity index (χ3n) is 5.41. The highest BCUT2D eigenvalue weighted by Gasteiger charge is 2.27. The van der Waals surface area contributed by atoms with E-state index in [0.29, 0.717) is 5.41 Å². The van der Waals surface area contributed by atoms with Gasteiger partial charge < -0.3 is 5.73 Å². The second kappa shape index (κ2) is 11.6. The summed E-state index contributed by atoms with van der Waals surface area (Å²) in [6, 6.07) is 0. The molecule has 0 radical (unpaired) electrons. The predicted molar refractivity (Wildman–Crippen MR) is 91.0 cm³/mol. The summed E-state index contributed by atoms with van der Waals surface area (Å²) < 4.78 is 0. The number of rotatable bonds is 10. The van der Waals surface area contributed by atoms with Crippen LogP contribution in [-0.2, 0) is 0 Å². The van der Waals surface area contributed by atoms with Gasteiger partial charge in [0.25, 0.3) is 0 Å². The lowest BCUT2D eigenvalue weighted by Gasteiger charge is -2.34. The Balaban J connectivity index is 2.10. The van der Waals surface area contributed by atoms with E-state index >= 15 is 0 Å². The summed E-state index contributed by atoms with van der Waals surface area (Å²) in [5.41, 5.74) is 6.67. The molecule has 0 aromatic rings. The van der Waals surface area contributed by atoms with Crippen LogP contribution in [0, 0.1) is 5.41 Å². The molecule has 0 aromatic carbocycles. The van der Waals surface area contributed by atoms with E-state index < -0.39 is 0 Å². The Hall–Kier alpha value is -0.0400. The normalized spacial score (nSPS) is 19.5. The van der Waals surface area contributed by atoms with E-state index in [1.807, 2.05) is 0 Å². The van der Waals surface area contributed by atoms with E-state index in [4.69, 9.17) is 5.73 Å². The average molecular weight is 282 g/mol. The molecule has 1 heteroatoms. The summed E-state index contributed by atoms with van der Waals surface area (Å²) in [6.45, 7) is 3.23. The maximum atomic E-state index is 6.15. The molecule has 2 N–H and O–H groups in total. The highest BCUT2D eigenvalue weighted by atomic mass is 14.6. The minimum Gasteiger partial charge on any atom is -0.330 e. The summed E-state index contributed by atoms with van der Waals surface area (Å²) >= 11 is 0. The van der Waals surface area contributed by atoms with E-state index in [-0.39, 0.29) is 0 Å². The summed E-state index contributed by atoms with van der Waals surface area (Å²) in [6.07, 6.45) is 22.9. The van der Waals surface area contributed by atoms with Crippen LogP contribution in [0.4, 0.5) is 0 Å². The van der Waals surface area contributed by atoms with Gasteiger partial charge in [-0.25, -0.2) is 0 Å². The molecular weight excluding hydrogens is 242 g/mol. The first-order valence-electron chi connectivity index (χ1n) is 9.53. The predicted octanol–water partition coefficient (Wildman–Crippen LogP) is 6.21. The minimum absolute atomic E-state index is 0.516. The molecule has 0 amide bonds. The monoisotopic (exact) mass is 281 g/mol. The molecule has 0 atom stereocenters. The van der Waals surface area contributed by atoms with Gasteiger partial charge in [0.15, 0.2) is 0 Å². The van der Waals surface area contributed by atoms with Crippen molar-refractivity contribution >= 4 is 0 Å². The van der Waals surface area contributed by atoms with Gasteiger partial charge >= 0.3 is 0 Å². The summed E-state index contributed by atoms with van der Waals surface area (Å²) in [5.74, 6) is 0. The van der Waals surface area contributed by atoms with Gasteiger partial charge in [0.05, 0.1) is 0 Å². The molecule has 0 heterocycles. The molecule has 1 fully saturated rings. The Labute approximate surface area is 128 Å². The molecule has 1 aliphatic carbocycles. The second-order valence-corrected chi connectivity index (χ2v) is 7.20. The van der Waals surface area contributed by atoms with E-state index in [1.54, 1.807) is 0 Å². The zero-order valence-electron chi connectivity index (χ0n) is 14.1. The van der Waals surface area contributed by atoms with Crippen molar-refractivity contribution in [2.24, 2.45) is 11.1 Å². The van der Waals surface area contributed by atoms with Crippen molar-refractivity contribution in [1.82, 2.24) is 0 Å². The van der Waals surface area contributed by atoms with Crippen molar-refractivity contribution in [1.29, 1.82) is 0 Å². The third-order valence-corrected chi connectivity index (χ3v) is 5.41. The highest BCUT2D eigenvalue weighted by molar-refractivity contribution is 4.81. The molecule has 20 heavy (non-hydrogen) atoms. The SMILES string of the molecule is CCCCCCCCCCC1(CN)CCCCCCC1. The van der Waals surface area contributed by atoms with E-state index in [2.05, 4.69) is 6.92 Å². The van der Waals surface area contributed by atoms with Gasteiger partial charge in [-0.2, -0.15) is 0 Å². The molecular formula is C19H39N. The Morgan fingerprint density at radius 1 is 0.700 bits per heavy atom. The van der Waals surface area contributed by atoms with Crippen LogP contribution in [0.2, 0.25) is 0 Å². The highest BCUT2D eigenvalue weighted by Crippen LogP contribution is 2.37. The fourth-order valence-electron chi connectivity index (χ4n) is 3.85. The molecule has 0 spiro atoms. The van der Waals surface area contributed by atoms with Gasteiger partial charge in [0.2, 0.25) is 0 Å². The van der Waals surface area contributed by atoms with Crippen molar-refractivity contribution in [3.8, 4) is 0 Å². The maximum Gasteiger partial charge on any atom is -0.00205 e. The molecule has 1 nitrogen and oxygen atoms in total. The lowest BCUT2D eigenvalue weighted by molar-refractivity contribution is 0.194. The Bertz CT molecular complexity index is 204. The van der Waals surface area contributed by atoms with Gasteiger partial charge in [-0.05, 0) is 31.2 Å². The standard InChI is InChI=1S/C19H39N/c1-2-3-4-5-6-7-9-12-15-19(18-20)16-13-10-8-11-14-17-19/h2-18,20H2,1H3. The van der Waals surface area contributed by atoms with Gasteiger partial charge in [0, 0.05) is 0 Å². The number of hydrogen-bond acceptors (Lipinski definition) is 1. The van der Waals surface area contributed by atoms with Crippen LogP contribution < -0.4 is 5.73 Å². The molecule has 120 valence electrons. The van der Waals surface area contributed by atoms with Crippen molar-refractivity contribution in [3.05, 3.63) is 0 Å². The van der Waals surface area contributed by atoms with Gasteiger partial charge in [0.1, 0.15) is 0 Å². The zero-order valence-corrected chi connectivity index (χ0v) is 14.1. The first-order chi connectivity index (χ1) is 9.83. The first kappa shape index (κ1) is 18.0. The largest absolute Gasteiger partial charge is 0.330 e. The lowest BCUT2D eigenvalue weighted by Crippen LogP contribution is -2.31. The van der Waals surface area contributed by atoms with Crippen molar-refractivity contribution in [2.45, 2.75) is 110 Å². The lowest BCUT2D eigenvalue weighted by atomic mass is 9.73. The van der Waals surface area contributed by atoms with Gasteiger partial charge in [-0.15, -0.1) is 0 Å². The molecule has 0 aromatic heterocycles. The molecule has 1 saturated carbocycles. The summed E-state index contributed by atoms with van der Waals surface area (Å²) in [7, 11) is 0. The second-order valence-electron chi connectivity index (χ2n) is 7.20. The molecule has 0 bridgehead atoms. The molecule has 0 unspecified atom stereocenters. The smallest absolute Gasteiger partial charge is 0.00205 e. The summed E-state index contributed by atoms with van der Waals surface area (Å²) in [4.78, 5) is 0. The quantitative estimate of drug-likeness (QED) is 0.473. The third kappa shape index (κ3) is 7.67. The van der Waals surface area contributed by atoms with Crippen molar-refractivity contribution in [3.63, 3.8) is 0 Å².